The van der Waals surface area contributed by atoms with Gasteiger partial charge in [-0.25, -0.2) is 4.79 Å². The number of rotatable bonds is 2. The molecule has 3 nitrogen and oxygen atoms in total. The molecule has 2 aromatic rings. The topological polar surface area (TPSA) is 40.5 Å². The predicted molar refractivity (Wildman–Crippen MR) is 96.5 cm³/mol. The van der Waals surface area contributed by atoms with Gasteiger partial charge in [0.1, 0.15) is 0 Å². The van der Waals surface area contributed by atoms with Gasteiger partial charge in [0.05, 0.1) is 0 Å². The maximum absolute atomic E-state index is 11.8. The smallest absolute Gasteiger partial charge is 0.407 e. The first-order valence-corrected chi connectivity index (χ1v) is 9.20. The maximum atomic E-state index is 11.8. The van der Waals surface area contributed by atoms with Crippen molar-refractivity contribution in [1.29, 1.82) is 0 Å². The minimum atomic E-state index is -0.747. The summed E-state index contributed by atoms with van der Waals surface area (Å²) in [6, 6.07) is 15.4. The molecular weight excluding hydrogens is 298 g/mol. The molecule has 4 rings (SSSR count). The van der Waals surface area contributed by atoms with Crippen LogP contribution in [0.15, 0.2) is 42.5 Å². The van der Waals surface area contributed by atoms with E-state index in [0.717, 1.165) is 25.7 Å². The van der Waals surface area contributed by atoms with Crippen LogP contribution in [0.2, 0.25) is 0 Å². The molecule has 1 aliphatic heterocycles. The molecular formula is C21H25NO2. The summed E-state index contributed by atoms with van der Waals surface area (Å²) in [5.41, 5.74) is 1.34. The van der Waals surface area contributed by atoms with Gasteiger partial charge in [0.2, 0.25) is 0 Å². The van der Waals surface area contributed by atoms with Gasteiger partial charge < -0.3 is 10.0 Å². The standard InChI is InChI=1S/C21H25NO2/c23-20(24)22-14-6-9-19(22)21(12-4-1-5-13-21)18-11-10-16-7-2-3-8-17(16)15-18/h2-3,7-8,10-11,15,19H,1,4-6,9,12-14H2,(H,23,24). The van der Waals surface area contributed by atoms with E-state index >= 15 is 0 Å². The normalized spacial score (nSPS) is 23.5. The number of nitrogens with zero attached hydrogens (tertiary/aromatic N) is 1. The number of amides is 1. The lowest BCUT2D eigenvalue weighted by Crippen LogP contribution is -2.50. The van der Waals surface area contributed by atoms with Gasteiger partial charge in [-0.15, -0.1) is 0 Å². The van der Waals surface area contributed by atoms with E-state index in [-0.39, 0.29) is 11.5 Å². The van der Waals surface area contributed by atoms with Gasteiger partial charge >= 0.3 is 6.09 Å². The summed E-state index contributed by atoms with van der Waals surface area (Å²) in [5.74, 6) is 0. The highest BCUT2D eigenvalue weighted by Crippen LogP contribution is 2.47. The number of fused-ring (bicyclic) bond motifs is 1. The average molecular weight is 323 g/mol. The molecule has 1 saturated carbocycles. The molecule has 0 aromatic heterocycles. The molecule has 1 unspecified atom stereocenters. The van der Waals surface area contributed by atoms with E-state index in [9.17, 15) is 9.90 Å². The van der Waals surface area contributed by atoms with Crippen LogP contribution < -0.4 is 0 Å². The first-order chi connectivity index (χ1) is 11.7. The number of hydrogen-bond donors (Lipinski definition) is 1. The third kappa shape index (κ3) is 2.47. The molecule has 1 saturated heterocycles. The molecule has 126 valence electrons. The Balaban J connectivity index is 1.81. The summed E-state index contributed by atoms with van der Waals surface area (Å²) < 4.78 is 0. The van der Waals surface area contributed by atoms with Crippen LogP contribution in [-0.2, 0) is 5.41 Å². The van der Waals surface area contributed by atoms with Crippen LogP contribution in [0.5, 0.6) is 0 Å². The van der Waals surface area contributed by atoms with E-state index in [1.54, 1.807) is 4.90 Å². The number of benzene rings is 2. The maximum Gasteiger partial charge on any atom is 0.407 e. The van der Waals surface area contributed by atoms with Crippen molar-refractivity contribution in [3.8, 4) is 0 Å². The molecule has 0 bridgehead atoms. The van der Waals surface area contributed by atoms with Gasteiger partial charge in [-0.3, -0.25) is 0 Å². The van der Waals surface area contributed by atoms with Gasteiger partial charge in [0.15, 0.2) is 0 Å². The molecule has 0 spiro atoms. The molecule has 1 aliphatic carbocycles. The zero-order valence-electron chi connectivity index (χ0n) is 14.1. The van der Waals surface area contributed by atoms with Crippen molar-refractivity contribution in [2.45, 2.75) is 56.4 Å². The highest BCUT2D eigenvalue weighted by Gasteiger charge is 2.47. The Kier molecular flexibility index (Phi) is 3.95. The van der Waals surface area contributed by atoms with Crippen molar-refractivity contribution in [2.24, 2.45) is 0 Å². The fraction of sp³-hybridized carbons (Fsp3) is 0.476. The van der Waals surface area contributed by atoms with Crippen LogP contribution >= 0.6 is 0 Å². The molecule has 2 aliphatic rings. The van der Waals surface area contributed by atoms with Crippen molar-refractivity contribution in [2.75, 3.05) is 6.54 Å². The fourth-order valence-corrected chi connectivity index (χ4v) is 5.07. The second-order valence-electron chi connectivity index (χ2n) is 7.41. The zero-order valence-corrected chi connectivity index (χ0v) is 14.1. The first-order valence-electron chi connectivity index (χ1n) is 9.20. The fourth-order valence-electron chi connectivity index (χ4n) is 5.07. The summed E-state index contributed by atoms with van der Waals surface area (Å²) in [6.07, 6.45) is 7.15. The van der Waals surface area contributed by atoms with Crippen LogP contribution in [0.4, 0.5) is 4.79 Å². The Morgan fingerprint density at radius 3 is 2.50 bits per heavy atom. The summed E-state index contributed by atoms with van der Waals surface area (Å²) in [5, 5.41) is 12.2. The third-order valence-corrected chi connectivity index (χ3v) is 6.21. The van der Waals surface area contributed by atoms with Crippen LogP contribution in [0.3, 0.4) is 0 Å². The first kappa shape index (κ1) is 15.5. The van der Waals surface area contributed by atoms with Crippen LogP contribution in [0.25, 0.3) is 10.8 Å². The third-order valence-electron chi connectivity index (χ3n) is 6.21. The molecule has 1 heterocycles. The Morgan fingerprint density at radius 2 is 1.75 bits per heavy atom. The number of carbonyl (C=O) groups is 1. The Morgan fingerprint density at radius 1 is 1.00 bits per heavy atom. The van der Waals surface area contributed by atoms with Crippen molar-refractivity contribution in [3.05, 3.63) is 48.0 Å². The number of carboxylic acid groups (broad SMARTS) is 1. The second-order valence-corrected chi connectivity index (χ2v) is 7.41. The zero-order chi connectivity index (χ0) is 16.6. The summed E-state index contributed by atoms with van der Waals surface area (Å²) in [4.78, 5) is 13.5. The molecule has 3 heteroatoms. The van der Waals surface area contributed by atoms with Gasteiger partial charge in [0.25, 0.3) is 0 Å². The predicted octanol–water partition coefficient (Wildman–Crippen LogP) is 5.18. The van der Waals surface area contributed by atoms with Crippen LogP contribution in [0, 0.1) is 0 Å². The van der Waals surface area contributed by atoms with Crippen molar-refractivity contribution >= 4 is 16.9 Å². The summed E-state index contributed by atoms with van der Waals surface area (Å²) in [6.45, 7) is 0.690. The molecule has 2 aromatic carbocycles. The summed E-state index contributed by atoms with van der Waals surface area (Å²) in [7, 11) is 0. The van der Waals surface area contributed by atoms with Crippen molar-refractivity contribution < 1.29 is 9.90 Å². The van der Waals surface area contributed by atoms with Crippen LogP contribution in [-0.4, -0.2) is 28.7 Å². The van der Waals surface area contributed by atoms with E-state index in [1.165, 1.54) is 35.6 Å². The van der Waals surface area contributed by atoms with Crippen molar-refractivity contribution in [1.82, 2.24) is 4.90 Å². The lowest BCUT2D eigenvalue weighted by atomic mass is 9.64. The molecule has 1 atom stereocenters. The quantitative estimate of drug-likeness (QED) is 0.827. The van der Waals surface area contributed by atoms with E-state index in [1.807, 2.05) is 0 Å². The lowest BCUT2D eigenvalue weighted by Gasteiger charge is -2.45. The Labute approximate surface area is 143 Å². The van der Waals surface area contributed by atoms with Gasteiger partial charge in [-0.05, 0) is 42.0 Å². The number of likely N-dealkylation sites (tertiary alicyclic amines) is 1. The highest BCUT2D eigenvalue weighted by atomic mass is 16.4. The molecule has 1 N–H and O–H groups in total. The summed E-state index contributed by atoms with van der Waals surface area (Å²) >= 11 is 0. The van der Waals surface area contributed by atoms with E-state index in [4.69, 9.17) is 0 Å². The van der Waals surface area contributed by atoms with E-state index in [0.29, 0.717) is 6.54 Å². The van der Waals surface area contributed by atoms with Gasteiger partial charge in [-0.1, -0.05) is 61.7 Å². The van der Waals surface area contributed by atoms with Crippen molar-refractivity contribution in [3.63, 3.8) is 0 Å². The Bertz CT molecular complexity index is 748. The van der Waals surface area contributed by atoms with E-state index < -0.39 is 6.09 Å². The lowest BCUT2D eigenvalue weighted by molar-refractivity contribution is 0.0989. The molecule has 24 heavy (non-hydrogen) atoms. The Hall–Kier alpha value is -2.03. The molecule has 1 amide bonds. The van der Waals surface area contributed by atoms with E-state index in [2.05, 4.69) is 42.5 Å². The minimum Gasteiger partial charge on any atom is -0.465 e. The molecule has 2 fully saturated rings. The average Bonchev–Trinajstić information content (AvgIpc) is 3.12. The van der Waals surface area contributed by atoms with Gasteiger partial charge in [-0.2, -0.15) is 0 Å². The molecule has 0 radical (unpaired) electrons. The SMILES string of the molecule is O=C(O)N1CCCC1C1(c2ccc3ccccc3c2)CCCCC1. The van der Waals surface area contributed by atoms with Crippen LogP contribution in [0.1, 0.15) is 50.5 Å². The largest absolute Gasteiger partial charge is 0.465 e. The number of hydrogen-bond acceptors (Lipinski definition) is 1. The monoisotopic (exact) mass is 323 g/mol. The highest BCUT2D eigenvalue weighted by molar-refractivity contribution is 5.83. The van der Waals surface area contributed by atoms with Gasteiger partial charge in [0, 0.05) is 18.0 Å². The second kappa shape index (κ2) is 6.12. The minimum absolute atomic E-state index is 0.00281.